The third kappa shape index (κ3) is 5.14. The number of hydrogen-bond acceptors (Lipinski definition) is 5. The number of pyridine rings is 1. The van der Waals surface area contributed by atoms with E-state index < -0.39 is 0 Å². The molecule has 2 N–H and O–H groups in total. The molecule has 2 rings (SSSR count). The average molecular weight is 280 g/mol. The van der Waals surface area contributed by atoms with Gasteiger partial charge in [-0.2, -0.15) is 0 Å². The normalized spacial score (nSPS) is 14.1. The maximum atomic E-state index is 11.9. The Morgan fingerprint density at radius 2 is 2.30 bits per heavy atom. The molecule has 1 aliphatic rings. The summed E-state index contributed by atoms with van der Waals surface area (Å²) in [5.41, 5.74) is 0.521. The zero-order chi connectivity index (χ0) is 14.2. The number of aromatic nitrogens is 1. The topological polar surface area (TPSA) is 80.7 Å². The van der Waals surface area contributed by atoms with E-state index in [-0.39, 0.29) is 19.1 Å². The number of aliphatic hydroxyl groups excluding tert-OH is 1. The van der Waals surface area contributed by atoms with Gasteiger partial charge in [0.15, 0.2) is 0 Å². The smallest absolute Gasteiger partial charge is 0.251 e. The summed E-state index contributed by atoms with van der Waals surface area (Å²) in [7, 11) is 0. The second-order valence-corrected chi connectivity index (χ2v) is 4.73. The lowest BCUT2D eigenvalue weighted by molar-refractivity contribution is 0.0837. The van der Waals surface area contributed by atoms with Gasteiger partial charge >= 0.3 is 0 Å². The number of hydrogen-bond donors (Lipinski definition) is 2. The fourth-order valence-electron chi connectivity index (χ4n) is 1.62. The number of nitrogens with one attached hydrogen (secondary N) is 1. The summed E-state index contributed by atoms with van der Waals surface area (Å²) in [6, 6.07) is 3.29. The third-order valence-electron chi connectivity index (χ3n) is 2.93. The molecule has 6 nitrogen and oxygen atoms in total. The van der Waals surface area contributed by atoms with E-state index >= 15 is 0 Å². The zero-order valence-electron chi connectivity index (χ0n) is 11.4. The molecule has 110 valence electrons. The molecule has 1 fully saturated rings. The van der Waals surface area contributed by atoms with Gasteiger partial charge in [-0.25, -0.2) is 4.98 Å². The van der Waals surface area contributed by atoms with E-state index in [4.69, 9.17) is 14.6 Å². The lowest BCUT2D eigenvalue weighted by atomic mass is 10.2. The summed E-state index contributed by atoms with van der Waals surface area (Å²) in [5, 5.41) is 11.3. The Labute approximate surface area is 118 Å². The first kappa shape index (κ1) is 14.7. The molecule has 1 aromatic rings. The van der Waals surface area contributed by atoms with Crippen LogP contribution in [0.1, 0.15) is 23.2 Å². The van der Waals surface area contributed by atoms with Crippen molar-refractivity contribution in [3.8, 4) is 5.88 Å². The molecule has 0 saturated heterocycles. The largest absolute Gasteiger partial charge is 0.477 e. The first-order valence-electron chi connectivity index (χ1n) is 6.85. The summed E-state index contributed by atoms with van der Waals surface area (Å²) < 4.78 is 10.6. The lowest BCUT2D eigenvalue weighted by Crippen LogP contribution is -2.27. The van der Waals surface area contributed by atoms with E-state index in [1.165, 1.54) is 12.8 Å². The number of aliphatic hydroxyl groups is 1. The number of nitrogens with zero attached hydrogens (tertiary/aromatic N) is 1. The predicted molar refractivity (Wildman–Crippen MR) is 72.7 cm³/mol. The molecule has 0 atom stereocenters. The number of ether oxygens (including phenoxy) is 2. The number of amides is 1. The third-order valence-corrected chi connectivity index (χ3v) is 2.93. The SMILES string of the molecule is O=C(NCCOCCO)c1ccnc(OCC2CC2)c1. The molecule has 0 radical (unpaired) electrons. The van der Waals surface area contributed by atoms with Gasteiger partial charge in [0.1, 0.15) is 0 Å². The molecule has 20 heavy (non-hydrogen) atoms. The first-order chi connectivity index (χ1) is 9.79. The summed E-state index contributed by atoms with van der Waals surface area (Å²) >= 11 is 0. The quantitative estimate of drug-likeness (QED) is 0.648. The molecule has 1 heterocycles. The average Bonchev–Trinajstić information content (AvgIpc) is 3.29. The van der Waals surface area contributed by atoms with Gasteiger partial charge in [-0.3, -0.25) is 4.79 Å². The van der Waals surface area contributed by atoms with Crippen LogP contribution in [0.15, 0.2) is 18.3 Å². The second-order valence-electron chi connectivity index (χ2n) is 4.73. The molecule has 0 aliphatic heterocycles. The minimum absolute atomic E-state index is 0.0139. The van der Waals surface area contributed by atoms with Crippen molar-refractivity contribution in [2.45, 2.75) is 12.8 Å². The van der Waals surface area contributed by atoms with E-state index in [9.17, 15) is 4.79 Å². The van der Waals surface area contributed by atoms with E-state index in [0.717, 1.165) is 0 Å². The van der Waals surface area contributed by atoms with Crippen LogP contribution in [0.5, 0.6) is 5.88 Å². The van der Waals surface area contributed by atoms with Crippen LogP contribution in [0.2, 0.25) is 0 Å². The first-order valence-corrected chi connectivity index (χ1v) is 6.85. The van der Waals surface area contributed by atoms with E-state index in [1.54, 1.807) is 18.3 Å². The molecule has 0 bridgehead atoms. The van der Waals surface area contributed by atoms with Gasteiger partial charge in [-0.1, -0.05) is 0 Å². The second kappa shape index (κ2) is 7.81. The molecule has 1 aromatic heterocycles. The van der Waals surface area contributed by atoms with Gasteiger partial charge in [0.2, 0.25) is 5.88 Å². The highest BCUT2D eigenvalue weighted by Gasteiger charge is 2.22. The highest BCUT2D eigenvalue weighted by Crippen LogP contribution is 2.29. The molecule has 6 heteroatoms. The van der Waals surface area contributed by atoms with Gasteiger partial charge in [0.25, 0.3) is 5.91 Å². The van der Waals surface area contributed by atoms with E-state index in [2.05, 4.69) is 10.3 Å². The van der Waals surface area contributed by atoms with Gasteiger partial charge in [-0.05, 0) is 24.8 Å². The zero-order valence-corrected chi connectivity index (χ0v) is 11.4. The molecule has 0 aromatic carbocycles. The standard InChI is InChI=1S/C14H20N2O4/c17-6-8-19-7-5-16-14(18)12-3-4-15-13(9-12)20-10-11-1-2-11/h3-4,9,11,17H,1-2,5-8,10H2,(H,16,18). The van der Waals surface area contributed by atoms with Crippen molar-refractivity contribution in [2.24, 2.45) is 5.92 Å². The molecule has 0 unspecified atom stereocenters. The van der Waals surface area contributed by atoms with Crippen LogP contribution in [-0.4, -0.2) is 49.0 Å². The summed E-state index contributed by atoms with van der Waals surface area (Å²) in [5.74, 6) is 0.954. The molecule has 1 amide bonds. The molecule has 1 aliphatic carbocycles. The Hall–Kier alpha value is -1.66. The Balaban J connectivity index is 1.74. The summed E-state index contributed by atoms with van der Waals surface area (Å²) in [4.78, 5) is 16.0. The highest BCUT2D eigenvalue weighted by atomic mass is 16.5. The highest BCUT2D eigenvalue weighted by molar-refractivity contribution is 5.94. The van der Waals surface area contributed by atoms with Crippen LogP contribution in [0, 0.1) is 5.92 Å². The van der Waals surface area contributed by atoms with Gasteiger partial charge in [-0.15, -0.1) is 0 Å². The maximum Gasteiger partial charge on any atom is 0.251 e. The van der Waals surface area contributed by atoms with Crippen LogP contribution < -0.4 is 10.1 Å². The Morgan fingerprint density at radius 3 is 3.05 bits per heavy atom. The molecule has 0 spiro atoms. The minimum atomic E-state index is -0.184. The van der Waals surface area contributed by atoms with Crippen LogP contribution in [0.3, 0.4) is 0 Å². The fraction of sp³-hybridized carbons (Fsp3) is 0.571. The number of rotatable bonds is 9. The van der Waals surface area contributed by atoms with Crippen molar-refractivity contribution in [3.63, 3.8) is 0 Å². The maximum absolute atomic E-state index is 11.9. The fourth-order valence-corrected chi connectivity index (χ4v) is 1.62. The lowest BCUT2D eigenvalue weighted by Gasteiger charge is -2.07. The van der Waals surface area contributed by atoms with Crippen molar-refractivity contribution in [3.05, 3.63) is 23.9 Å². The molecule has 1 saturated carbocycles. The molecular weight excluding hydrogens is 260 g/mol. The van der Waals surface area contributed by atoms with Crippen molar-refractivity contribution >= 4 is 5.91 Å². The van der Waals surface area contributed by atoms with Crippen molar-refractivity contribution in [1.82, 2.24) is 10.3 Å². The Morgan fingerprint density at radius 1 is 1.45 bits per heavy atom. The molecular formula is C14H20N2O4. The predicted octanol–water partition coefficient (Wildman–Crippen LogP) is 0.609. The Kier molecular flexibility index (Phi) is 5.76. The minimum Gasteiger partial charge on any atom is -0.477 e. The van der Waals surface area contributed by atoms with Gasteiger partial charge < -0.3 is 19.9 Å². The monoisotopic (exact) mass is 280 g/mol. The van der Waals surface area contributed by atoms with Crippen LogP contribution in [-0.2, 0) is 4.74 Å². The van der Waals surface area contributed by atoms with Gasteiger partial charge in [0, 0.05) is 24.4 Å². The van der Waals surface area contributed by atoms with Crippen LogP contribution >= 0.6 is 0 Å². The van der Waals surface area contributed by atoms with E-state index in [0.29, 0.717) is 37.1 Å². The summed E-state index contributed by atoms with van der Waals surface area (Å²) in [6.45, 7) is 1.72. The van der Waals surface area contributed by atoms with Crippen LogP contribution in [0.4, 0.5) is 0 Å². The van der Waals surface area contributed by atoms with Crippen LogP contribution in [0.25, 0.3) is 0 Å². The number of carbonyl (C=O) groups is 1. The number of carbonyl (C=O) groups excluding carboxylic acids is 1. The van der Waals surface area contributed by atoms with Crippen molar-refractivity contribution < 1.29 is 19.4 Å². The summed E-state index contributed by atoms with van der Waals surface area (Å²) in [6.07, 6.45) is 4.00. The van der Waals surface area contributed by atoms with E-state index in [1.807, 2.05) is 0 Å². The Bertz CT molecular complexity index is 435. The van der Waals surface area contributed by atoms with Crippen molar-refractivity contribution in [1.29, 1.82) is 0 Å². The van der Waals surface area contributed by atoms with Crippen molar-refractivity contribution in [2.75, 3.05) is 33.0 Å². The van der Waals surface area contributed by atoms with Gasteiger partial charge in [0.05, 0.1) is 26.4 Å².